The molecule has 1 aliphatic rings. The first-order valence-corrected chi connectivity index (χ1v) is 10.1. The third-order valence-corrected chi connectivity index (χ3v) is 7.21. The number of hydrogen-bond acceptors (Lipinski definition) is 0. The normalized spacial score (nSPS) is 12.7. The largest absolute Gasteiger partial charge is 2.00 e. The molecule has 3 aromatic rings. The molecule has 0 bridgehead atoms. The van der Waals surface area contributed by atoms with Crippen molar-refractivity contribution in [2.45, 2.75) is 5.92 Å². The topological polar surface area (TPSA) is 0 Å². The number of allylic oxidation sites excluding steroid dienone is 4. The van der Waals surface area contributed by atoms with Gasteiger partial charge >= 0.3 is 33.0 Å². The van der Waals surface area contributed by atoms with Gasteiger partial charge in [-0.15, -0.1) is 0 Å². The van der Waals surface area contributed by atoms with E-state index in [0.717, 1.165) is 5.02 Å². The van der Waals surface area contributed by atoms with Crippen LogP contribution in [0.5, 0.6) is 0 Å². The minimum absolute atomic E-state index is 0. The molecule has 0 aromatic heterocycles. The third-order valence-electron chi connectivity index (χ3n) is 4.38. The fraction of sp³-hybridized carbons (Fsp3) is 0.0435. The molecule has 0 amide bonds. The van der Waals surface area contributed by atoms with Gasteiger partial charge in [-0.25, -0.2) is 0 Å². The molecule has 0 spiro atoms. The van der Waals surface area contributed by atoms with E-state index in [1.165, 1.54) is 21.5 Å². The summed E-state index contributed by atoms with van der Waals surface area (Å²) in [6, 6.07) is 27.8. The Labute approximate surface area is 187 Å². The Morgan fingerprint density at radius 3 is 1.67 bits per heavy atom. The van der Waals surface area contributed by atoms with Gasteiger partial charge in [-0.05, 0) is 35.5 Å². The van der Waals surface area contributed by atoms with Gasteiger partial charge in [-0.2, -0.15) is 0 Å². The molecule has 0 radical (unpaired) electrons. The van der Waals surface area contributed by atoms with Crippen LogP contribution in [-0.4, -0.2) is 0 Å². The minimum Gasteiger partial charge on any atom is -0.0840 e. The maximum absolute atomic E-state index is 6.67. The zero-order valence-corrected chi connectivity index (χ0v) is 18.0. The molecule has 4 rings (SSSR count). The van der Waals surface area contributed by atoms with Crippen molar-refractivity contribution in [2.24, 2.45) is 0 Å². The summed E-state index contributed by atoms with van der Waals surface area (Å²) in [5.41, 5.74) is 1.23. The molecular formula is C23H18ClNi2P+4. The van der Waals surface area contributed by atoms with Gasteiger partial charge in [-0.3, -0.25) is 0 Å². The monoisotopic (exact) mass is 476 g/mol. The maximum atomic E-state index is 6.67. The van der Waals surface area contributed by atoms with Crippen LogP contribution in [0, 0.1) is 0 Å². The fourth-order valence-electron chi connectivity index (χ4n) is 3.26. The van der Waals surface area contributed by atoms with Crippen LogP contribution in [0.15, 0.2) is 103 Å². The van der Waals surface area contributed by atoms with Gasteiger partial charge in [0.1, 0.15) is 0 Å². The second-order valence-electron chi connectivity index (χ2n) is 5.97. The summed E-state index contributed by atoms with van der Waals surface area (Å²) in [6.45, 7) is 0. The molecule has 0 saturated heterocycles. The Balaban J connectivity index is 0.00000131. The zero-order chi connectivity index (χ0) is 17.1. The van der Waals surface area contributed by atoms with E-state index in [-0.39, 0.29) is 38.9 Å². The van der Waals surface area contributed by atoms with Crippen molar-refractivity contribution < 1.29 is 33.0 Å². The van der Waals surface area contributed by atoms with Crippen LogP contribution < -0.4 is 15.9 Å². The smallest absolute Gasteiger partial charge is 0.0840 e. The van der Waals surface area contributed by atoms with Gasteiger partial charge in [0.05, 0.1) is 0 Å². The summed E-state index contributed by atoms with van der Waals surface area (Å²) >= 11 is 6.67. The molecule has 1 aliphatic carbocycles. The van der Waals surface area contributed by atoms with Gasteiger partial charge < -0.3 is 0 Å². The van der Waals surface area contributed by atoms with E-state index in [9.17, 15) is 0 Å². The summed E-state index contributed by atoms with van der Waals surface area (Å²) in [5, 5.41) is 4.87. The number of hydrogen-bond donors (Lipinski definition) is 0. The van der Waals surface area contributed by atoms with Gasteiger partial charge in [0.25, 0.3) is 0 Å². The van der Waals surface area contributed by atoms with Crippen LogP contribution in [0.1, 0.15) is 11.5 Å². The Morgan fingerprint density at radius 1 is 0.630 bits per heavy atom. The van der Waals surface area contributed by atoms with Crippen molar-refractivity contribution in [3.8, 4) is 0 Å². The average Bonchev–Trinajstić information content (AvgIpc) is 3.18. The Kier molecular flexibility index (Phi) is 8.53. The predicted octanol–water partition coefficient (Wildman–Crippen LogP) is 5.30. The molecule has 27 heavy (non-hydrogen) atoms. The zero-order valence-electron chi connectivity index (χ0n) is 14.3. The molecule has 0 unspecified atom stereocenters. The number of benzene rings is 3. The second-order valence-corrected chi connectivity index (χ2v) is 8.57. The molecule has 0 saturated carbocycles. The van der Waals surface area contributed by atoms with Crippen LogP contribution in [0.3, 0.4) is 0 Å². The summed E-state index contributed by atoms with van der Waals surface area (Å²) < 4.78 is 0. The van der Waals surface area contributed by atoms with Crippen LogP contribution in [0.25, 0.3) is 0 Å². The van der Waals surface area contributed by atoms with Crippen LogP contribution in [-0.2, 0) is 33.0 Å². The summed E-state index contributed by atoms with van der Waals surface area (Å²) in [7, 11) is -0.651. The van der Waals surface area contributed by atoms with Crippen molar-refractivity contribution in [1.82, 2.24) is 0 Å². The van der Waals surface area contributed by atoms with Gasteiger partial charge in [0.2, 0.25) is 0 Å². The van der Waals surface area contributed by atoms with Crippen LogP contribution >= 0.6 is 19.5 Å². The van der Waals surface area contributed by atoms with E-state index >= 15 is 0 Å². The molecule has 3 aromatic carbocycles. The van der Waals surface area contributed by atoms with Gasteiger partial charge in [-0.1, -0.05) is 109 Å². The molecular weight excluding hydrogens is 460 g/mol. The Hall–Kier alpha value is -1.15. The standard InChI is InChI=1S/C23H18ClP.2Ni/c24-21-16-9-17-22(23(21)18-10-7-8-11-18)25(19-12-3-1-4-13-19)20-14-5-2-6-15-20;;/h1-18H;;/q;2*+2. The SMILES string of the molecule is Clc1cccc(P(c2ccccc2)c2ccccc2)c1C1C=CC=C1.[Ni+2].[Ni+2]. The van der Waals surface area contributed by atoms with Crippen molar-refractivity contribution in [3.63, 3.8) is 0 Å². The molecule has 138 valence electrons. The first-order chi connectivity index (χ1) is 12.3. The van der Waals surface area contributed by atoms with E-state index in [4.69, 9.17) is 11.6 Å². The van der Waals surface area contributed by atoms with Crippen molar-refractivity contribution in [1.29, 1.82) is 0 Å². The van der Waals surface area contributed by atoms with E-state index in [2.05, 4.69) is 97.1 Å². The predicted molar refractivity (Wildman–Crippen MR) is 111 cm³/mol. The van der Waals surface area contributed by atoms with Crippen molar-refractivity contribution in [3.05, 3.63) is 114 Å². The van der Waals surface area contributed by atoms with Gasteiger partial charge in [0, 0.05) is 10.9 Å². The first-order valence-electron chi connectivity index (χ1n) is 8.38. The number of rotatable bonds is 4. The van der Waals surface area contributed by atoms with Crippen LogP contribution in [0.4, 0.5) is 0 Å². The number of halogens is 1. The summed E-state index contributed by atoms with van der Waals surface area (Å²) in [5.74, 6) is 0.251. The Morgan fingerprint density at radius 2 is 1.15 bits per heavy atom. The maximum Gasteiger partial charge on any atom is 2.00 e. The molecule has 4 heteroatoms. The third kappa shape index (κ3) is 4.82. The van der Waals surface area contributed by atoms with Crippen molar-refractivity contribution >= 4 is 35.4 Å². The second kappa shape index (κ2) is 10.4. The van der Waals surface area contributed by atoms with Crippen LogP contribution in [0.2, 0.25) is 5.02 Å². The fourth-order valence-corrected chi connectivity index (χ4v) is 6.16. The minimum atomic E-state index is -0.651. The van der Waals surface area contributed by atoms with E-state index in [0.29, 0.717) is 0 Å². The molecule has 0 atom stereocenters. The molecule has 0 heterocycles. The Bertz CT molecular complexity index is 872. The summed E-state index contributed by atoms with van der Waals surface area (Å²) in [4.78, 5) is 0. The summed E-state index contributed by atoms with van der Waals surface area (Å²) in [6.07, 6.45) is 8.64. The van der Waals surface area contributed by atoms with E-state index in [1.807, 2.05) is 6.07 Å². The van der Waals surface area contributed by atoms with Gasteiger partial charge in [0.15, 0.2) is 0 Å². The van der Waals surface area contributed by atoms with E-state index in [1.54, 1.807) is 0 Å². The van der Waals surface area contributed by atoms with E-state index < -0.39 is 7.92 Å². The molecule has 0 nitrogen and oxygen atoms in total. The van der Waals surface area contributed by atoms with Crippen molar-refractivity contribution in [2.75, 3.05) is 0 Å². The molecule has 0 N–H and O–H groups in total. The average molecular weight is 478 g/mol. The quantitative estimate of drug-likeness (QED) is 0.353. The molecule has 0 aliphatic heterocycles. The first kappa shape index (κ1) is 22.1. The molecule has 0 fully saturated rings.